The van der Waals surface area contributed by atoms with Gasteiger partial charge < -0.3 is 9.64 Å². The van der Waals surface area contributed by atoms with E-state index in [-0.39, 0.29) is 6.61 Å². The molecule has 0 aliphatic carbocycles. The van der Waals surface area contributed by atoms with Gasteiger partial charge in [-0.25, -0.2) is 9.59 Å². The number of hydrogen-bond donors (Lipinski definition) is 0. The number of ether oxygens (including phenoxy) is 1. The van der Waals surface area contributed by atoms with Crippen LogP contribution >= 0.6 is 0 Å². The molecule has 0 saturated heterocycles. The van der Waals surface area contributed by atoms with Crippen LogP contribution in [-0.2, 0) is 4.74 Å². The van der Waals surface area contributed by atoms with Crippen molar-refractivity contribution in [2.75, 3.05) is 25.6 Å². The zero-order valence-corrected chi connectivity index (χ0v) is 10.2. The maximum absolute atomic E-state index is 11.9. The molecule has 0 aliphatic heterocycles. The molecule has 17 heavy (non-hydrogen) atoms. The maximum atomic E-state index is 11.9. The van der Waals surface area contributed by atoms with Gasteiger partial charge in [0, 0.05) is 14.1 Å². The third kappa shape index (κ3) is 3.21. The lowest BCUT2D eigenvalue weighted by Crippen LogP contribution is -2.43. The molecule has 1 aromatic carbocycles. The number of nitrogens with zero attached hydrogens (tertiary/aromatic N) is 2. The van der Waals surface area contributed by atoms with Crippen molar-refractivity contribution in [1.82, 2.24) is 4.90 Å². The molecule has 0 N–H and O–H groups in total. The number of para-hydroxylation sites is 1. The van der Waals surface area contributed by atoms with Crippen molar-refractivity contribution < 1.29 is 14.3 Å². The van der Waals surface area contributed by atoms with E-state index in [4.69, 9.17) is 4.74 Å². The summed E-state index contributed by atoms with van der Waals surface area (Å²) in [6, 6.07) is 8.24. The van der Waals surface area contributed by atoms with E-state index in [1.54, 1.807) is 45.3 Å². The van der Waals surface area contributed by atoms with Crippen LogP contribution in [0.2, 0.25) is 0 Å². The van der Waals surface area contributed by atoms with Crippen molar-refractivity contribution in [3.8, 4) is 0 Å². The molecule has 1 aromatic rings. The quantitative estimate of drug-likeness (QED) is 0.791. The first-order chi connectivity index (χ1) is 8.07. The fourth-order valence-electron chi connectivity index (χ4n) is 1.26. The third-order valence-corrected chi connectivity index (χ3v) is 2.04. The van der Waals surface area contributed by atoms with Crippen LogP contribution in [0.5, 0.6) is 0 Å². The fraction of sp³-hybridized carbons (Fsp3) is 0.333. The van der Waals surface area contributed by atoms with E-state index in [0.29, 0.717) is 5.69 Å². The Morgan fingerprint density at radius 1 is 1.18 bits per heavy atom. The van der Waals surface area contributed by atoms with Gasteiger partial charge in [0.05, 0.1) is 12.3 Å². The van der Waals surface area contributed by atoms with Crippen LogP contribution in [-0.4, -0.2) is 37.7 Å². The monoisotopic (exact) mass is 236 g/mol. The van der Waals surface area contributed by atoms with Crippen LogP contribution in [0.3, 0.4) is 0 Å². The average Bonchev–Trinajstić information content (AvgIpc) is 2.31. The van der Waals surface area contributed by atoms with E-state index < -0.39 is 12.1 Å². The summed E-state index contributed by atoms with van der Waals surface area (Å²) in [5, 5.41) is 0. The lowest BCUT2D eigenvalue weighted by Gasteiger charge is -2.23. The van der Waals surface area contributed by atoms with Crippen molar-refractivity contribution >= 4 is 17.8 Å². The standard InChI is InChI=1S/C12H16N2O3/c1-4-17-12(16)14(11(15)13(2)3)10-8-6-5-7-9-10/h5-9H,4H2,1-3H3. The van der Waals surface area contributed by atoms with Crippen LogP contribution in [0.25, 0.3) is 0 Å². The van der Waals surface area contributed by atoms with Crippen molar-refractivity contribution in [2.45, 2.75) is 6.92 Å². The van der Waals surface area contributed by atoms with Crippen molar-refractivity contribution in [2.24, 2.45) is 0 Å². The number of benzene rings is 1. The Kier molecular flexibility index (Phi) is 4.51. The van der Waals surface area contributed by atoms with Gasteiger partial charge in [-0.2, -0.15) is 4.90 Å². The molecule has 0 atom stereocenters. The van der Waals surface area contributed by atoms with E-state index in [1.165, 1.54) is 4.90 Å². The molecule has 3 amide bonds. The molecule has 0 bridgehead atoms. The second-order valence-electron chi connectivity index (χ2n) is 3.55. The minimum absolute atomic E-state index is 0.225. The van der Waals surface area contributed by atoms with Gasteiger partial charge in [0.2, 0.25) is 0 Å². The molecule has 0 spiro atoms. The number of urea groups is 1. The van der Waals surface area contributed by atoms with E-state index in [0.717, 1.165) is 4.90 Å². The molecule has 0 heterocycles. The normalized spacial score (nSPS) is 9.59. The number of carbonyl (C=O) groups excluding carboxylic acids is 2. The highest BCUT2D eigenvalue weighted by Gasteiger charge is 2.25. The zero-order chi connectivity index (χ0) is 12.8. The molecule has 0 aliphatic rings. The van der Waals surface area contributed by atoms with Gasteiger partial charge in [0.15, 0.2) is 0 Å². The van der Waals surface area contributed by atoms with E-state index in [2.05, 4.69) is 0 Å². The van der Waals surface area contributed by atoms with Crippen molar-refractivity contribution in [3.63, 3.8) is 0 Å². The Morgan fingerprint density at radius 3 is 2.24 bits per heavy atom. The Hall–Kier alpha value is -2.04. The summed E-state index contributed by atoms with van der Waals surface area (Å²) in [7, 11) is 3.16. The predicted molar refractivity (Wildman–Crippen MR) is 65.0 cm³/mol. The van der Waals surface area contributed by atoms with E-state index in [1.807, 2.05) is 6.07 Å². The fourth-order valence-corrected chi connectivity index (χ4v) is 1.26. The molecular weight excluding hydrogens is 220 g/mol. The zero-order valence-electron chi connectivity index (χ0n) is 10.2. The van der Waals surface area contributed by atoms with Crippen LogP contribution in [0.1, 0.15) is 6.92 Å². The molecule has 0 saturated carbocycles. The maximum Gasteiger partial charge on any atom is 0.422 e. The highest BCUT2D eigenvalue weighted by molar-refractivity contribution is 6.11. The van der Waals surface area contributed by atoms with Crippen LogP contribution in [0, 0.1) is 0 Å². The minimum atomic E-state index is -0.669. The molecule has 0 unspecified atom stereocenters. The molecule has 1 rings (SSSR count). The minimum Gasteiger partial charge on any atom is -0.449 e. The highest BCUT2D eigenvalue weighted by atomic mass is 16.6. The predicted octanol–water partition coefficient (Wildman–Crippen LogP) is 2.33. The van der Waals surface area contributed by atoms with Gasteiger partial charge in [-0.3, -0.25) is 0 Å². The second kappa shape index (κ2) is 5.89. The van der Waals surface area contributed by atoms with Crippen molar-refractivity contribution in [3.05, 3.63) is 30.3 Å². The topological polar surface area (TPSA) is 49.9 Å². The molecule has 5 nitrogen and oxygen atoms in total. The van der Waals surface area contributed by atoms with Crippen LogP contribution in [0.15, 0.2) is 30.3 Å². The van der Waals surface area contributed by atoms with E-state index >= 15 is 0 Å². The van der Waals surface area contributed by atoms with Gasteiger partial charge in [0.1, 0.15) is 0 Å². The SMILES string of the molecule is CCOC(=O)N(C(=O)N(C)C)c1ccccc1. The lowest BCUT2D eigenvalue weighted by molar-refractivity contribution is 0.157. The first kappa shape index (κ1) is 13.0. The second-order valence-corrected chi connectivity index (χ2v) is 3.55. The molecule has 92 valence electrons. The molecule has 0 radical (unpaired) electrons. The summed E-state index contributed by atoms with van der Waals surface area (Å²) in [6.45, 7) is 1.92. The highest BCUT2D eigenvalue weighted by Crippen LogP contribution is 2.16. The number of rotatable bonds is 2. The third-order valence-electron chi connectivity index (χ3n) is 2.04. The molecule has 5 heteroatoms. The van der Waals surface area contributed by atoms with Crippen LogP contribution in [0.4, 0.5) is 15.3 Å². The van der Waals surface area contributed by atoms with E-state index in [9.17, 15) is 9.59 Å². The smallest absolute Gasteiger partial charge is 0.422 e. The van der Waals surface area contributed by atoms with Gasteiger partial charge in [-0.1, -0.05) is 18.2 Å². The first-order valence-electron chi connectivity index (χ1n) is 5.31. The largest absolute Gasteiger partial charge is 0.449 e. The number of amides is 3. The summed E-state index contributed by atoms with van der Waals surface area (Å²) in [5.74, 6) is 0. The summed E-state index contributed by atoms with van der Waals surface area (Å²) in [4.78, 5) is 26.0. The molecular formula is C12H16N2O3. The van der Waals surface area contributed by atoms with Gasteiger partial charge in [-0.15, -0.1) is 0 Å². The first-order valence-corrected chi connectivity index (χ1v) is 5.31. The molecule has 0 aromatic heterocycles. The summed E-state index contributed by atoms with van der Waals surface area (Å²) >= 11 is 0. The Labute approximate surface area is 101 Å². The average molecular weight is 236 g/mol. The van der Waals surface area contributed by atoms with Gasteiger partial charge in [0.25, 0.3) is 0 Å². The number of hydrogen-bond acceptors (Lipinski definition) is 3. The summed E-state index contributed by atoms with van der Waals surface area (Å²) < 4.78 is 4.87. The summed E-state index contributed by atoms with van der Waals surface area (Å²) in [6.07, 6.45) is -0.669. The van der Waals surface area contributed by atoms with Crippen molar-refractivity contribution in [1.29, 1.82) is 0 Å². The number of carbonyl (C=O) groups is 2. The van der Waals surface area contributed by atoms with Gasteiger partial charge >= 0.3 is 12.1 Å². The number of anilines is 1. The Bertz CT molecular complexity index is 390. The number of imide groups is 1. The lowest BCUT2D eigenvalue weighted by atomic mass is 10.3. The van der Waals surface area contributed by atoms with Crippen LogP contribution < -0.4 is 4.90 Å². The Morgan fingerprint density at radius 2 is 1.76 bits per heavy atom. The molecule has 0 fully saturated rings. The summed E-state index contributed by atoms with van der Waals surface area (Å²) in [5.41, 5.74) is 0.490. The van der Waals surface area contributed by atoms with Gasteiger partial charge in [-0.05, 0) is 19.1 Å². The Balaban J connectivity index is 3.03.